The van der Waals surface area contributed by atoms with Crippen LogP contribution in [0.1, 0.15) is 49.8 Å². The number of ether oxygens (including phenoxy) is 3. The number of hydrogen-bond donors (Lipinski definition) is 0. The topological polar surface area (TPSA) is 44.8 Å². The Hall–Kier alpha value is -3.53. The molecule has 0 bridgehead atoms. The van der Waals surface area contributed by atoms with Crippen molar-refractivity contribution in [1.82, 2.24) is 0 Å². The minimum atomic E-state index is -0.264. The van der Waals surface area contributed by atoms with Crippen molar-refractivity contribution in [2.75, 3.05) is 19.8 Å². The second-order valence-corrected chi connectivity index (χ2v) is 8.36. The fourth-order valence-electron chi connectivity index (χ4n) is 3.72. The maximum Gasteiger partial charge on any atom is 0.334 e. The van der Waals surface area contributed by atoms with E-state index < -0.39 is 0 Å². The van der Waals surface area contributed by atoms with Crippen molar-refractivity contribution in [3.63, 3.8) is 0 Å². The maximum absolute atomic E-state index is 12.6. The molecule has 0 fully saturated rings. The van der Waals surface area contributed by atoms with Crippen LogP contribution in [0.4, 0.5) is 0 Å². The molecular weight excluding hydrogens is 436 g/mol. The first-order valence-electron chi connectivity index (χ1n) is 12.5. The highest BCUT2D eigenvalue weighted by molar-refractivity contribution is 5.94. The van der Waals surface area contributed by atoms with E-state index in [1.54, 1.807) is 0 Å². The molecule has 0 aliphatic heterocycles. The molecule has 0 saturated carbocycles. The van der Waals surface area contributed by atoms with Crippen molar-refractivity contribution in [2.24, 2.45) is 0 Å². The first kappa shape index (κ1) is 26.1. The molecule has 0 unspecified atom stereocenters. The molecule has 4 heteroatoms. The second kappa shape index (κ2) is 14.7. The number of benzene rings is 3. The molecule has 3 aromatic carbocycles. The Morgan fingerprint density at radius 1 is 0.800 bits per heavy atom. The van der Waals surface area contributed by atoms with E-state index in [1.807, 2.05) is 67.6 Å². The Balaban J connectivity index is 1.77. The molecule has 0 aliphatic carbocycles. The predicted octanol–water partition coefficient (Wildman–Crippen LogP) is 7.07. The Kier molecular flexibility index (Phi) is 10.9. The molecule has 35 heavy (non-hydrogen) atoms. The Morgan fingerprint density at radius 2 is 1.43 bits per heavy atom. The van der Waals surface area contributed by atoms with E-state index in [2.05, 4.69) is 31.2 Å². The lowest BCUT2D eigenvalue weighted by atomic mass is 10.0. The minimum Gasteiger partial charge on any atom is -0.493 e. The fourth-order valence-corrected chi connectivity index (χ4v) is 3.72. The van der Waals surface area contributed by atoms with Gasteiger partial charge in [-0.05, 0) is 49.1 Å². The van der Waals surface area contributed by atoms with Gasteiger partial charge in [0.25, 0.3) is 0 Å². The van der Waals surface area contributed by atoms with Crippen LogP contribution in [0.2, 0.25) is 0 Å². The lowest BCUT2D eigenvalue weighted by molar-refractivity contribution is -0.138. The van der Waals surface area contributed by atoms with Gasteiger partial charge in [0.15, 0.2) is 0 Å². The van der Waals surface area contributed by atoms with E-state index >= 15 is 0 Å². The van der Waals surface area contributed by atoms with Gasteiger partial charge in [-0.1, -0.05) is 74.0 Å². The number of rotatable bonds is 14. The van der Waals surface area contributed by atoms with Crippen molar-refractivity contribution < 1.29 is 19.0 Å². The highest BCUT2D eigenvalue weighted by atomic mass is 16.5. The molecule has 0 atom stereocenters. The highest BCUT2D eigenvalue weighted by Crippen LogP contribution is 2.29. The molecule has 0 spiro atoms. The summed E-state index contributed by atoms with van der Waals surface area (Å²) in [6.07, 6.45) is 6.13. The van der Waals surface area contributed by atoms with Crippen LogP contribution in [-0.4, -0.2) is 25.8 Å². The quantitative estimate of drug-likeness (QED) is 0.186. The summed E-state index contributed by atoms with van der Waals surface area (Å²) in [4.78, 5) is 12.6. The summed E-state index contributed by atoms with van der Waals surface area (Å²) < 4.78 is 17.5. The van der Waals surface area contributed by atoms with Gasteiger partial charge < -0.3 is 14.2 Å². The molecule has 4 nitrogen and oxygen atoms in total. The minimum absolute atomic E-state index is 0.264. The van der Waals surface area contributed by atoms with Gasteiger partial charge in [0.05, 0.1) is 19.8 Å². The van der Waals surface area contributed by atoms with Crippen molar-refractivity contribution in [3.8, 4) is 11.5 Å². The van der Waals surface area contributed by atoms with Gasteiger partial charge in [-0.3, -0.25) is 0 Å². The summed E-state index contributed by atoms with van der Waals surface area (Å²) in [5.41, 5.74) is 3.98. The summed E-state index contributed by atoms with van der Waals surface area (Å²) in [6.45, 7) is 5.41. The molecule has 0 aliphatic rings. The van der Waals surface area contributed by atoms with E-state index in [0.717, 1.165) is 37.0 Å². The monoisotopic (exact) mass is 472 g/mol. The molecule has 0 radical (unpaired) electrons. The Bertz CT molecular complexity index is 1060. The summed E-state index contributed by atoms with van der Waals surface area (Å²) >= 11 is 0. The van der Waals surface area contributed by atoms with Gasteiger partial charge in [0.2, 0.25) is 0 Å². The molecule has 0 N–H and O–H groups in total. The van der Waals surface area contributed by atoms with E-state index in [0.29, 0.717) is 37.6 Å². The van der Waals surface area contributed by atoms with E-state index in [1.165, 1.54) is 11.1 Å². The zero-order chi connectivity index (χ0) is 24.7. The van der Waals surface area contributed by atoms with Crippen LogP contribution in [0.5, 0.6) is 11.5 Å². The molecule has 0 amide bonds. The third-order valence-electron chi connectivity index (χ3n) is 5.65. The number of hydrogen-bond acceptors (Lipinski definition) is 4. The average molecular weight is 473 g/mol. The largest absolute Gasteiger partial charge is 0.493 e. The molecule has 3 aromatic rings. The third-order valence-corrected chi connectivity index (χ3v) is 5.65. The standard InChI is InChI=1S/C31H36O4/c1-3-5-16-28(31(32)33-4-2)23-27-17-18-29(34-21-19-25-12-8-6-9-13-25)24-30(27)35-22-20-26-14-10-7-11-15-26/h6-15,17-18,23-24H,3-5,16,19-22H2,1-2H3/b28-23+. The summed E-state index contributed by atoms with van der Waals surface area (Å²) in [6, 6.07) is 26.4. The fraction of sp³-hybridized carbons (Fsp3) is 0.323. The Labute approximate surface area is 209 Å². The molecular formula is C31H36O4. The molecule has 184 valence electrons. The zero-order valence-corrected chi connectivity index (χ0v) is 20.9. The van der Waals surface area contributed by atoms with Crippen LogP contribution < -0.4 is 9.47 Å². The number of unbranched alkanes of at least 4 members (excludes halogenated alkanes) is 1. The molecule has 0 aromatic heterocycles. The highest BCUT2D eigenvalue weighted by Gasteiger charge is 2.13. The van der Waals surface area contributed by atoms with Crippen molar-refractivity contribution in [1.29, 1.82) is 0 Å². The van der Waals surface area contributed by atoms with Gasteiger partial charge in [-0.25, -0.2) is 4.79 Å². The Morgan fingerprint density at radius 3 is 2.03 bits per heavy atom. The van der Waals surface area contributed by atoms with Crippen molar-refractivity contribution >= 4 is 12.0 Å². The number of esters is 1. The summed E-state index contributed by atoms with van der Waals surface area (Å²) in [5, 5.41) is 0. The van der Waals surface area contributed by atoms with Gasteiger partial charge in [0.1, 0.15) is 11.5 Å². The normalized spacial score (nSPS) is 11.2. The van der Waals surface area contributed by atoms with E-state index in [4.69, 9.17) is 14.2 Å². The van der Waals surface area contributed by atoms with Crippen molar-refractivity contribution in [3.05, 3.63) is 101 Å². The summed E-state index contributed by atoms with van der Waals surface area (Å²) in [5.74, 6) is 1.19. The van der Waals surface area contributed by atoms with Crippen LogP contribution in [-0.2, 0) is 22.4 Å². The first-order chi connectivity index (χ1) is 17.2. The lowest BCUT2D eigenvalue weighted by Crippen LogP contribution is -2.08. The number of carbonyl (C=O) groups excluding carboxylic acids is 1. The van der Waals surface area contributed by atoms with E-state index in [-0.39, 0.29) is 5.97 Å². The first-order valence-corrected chi connectivity index (χ1v) is 12.5. The SMILES string of the molecule is CCCC/C(=C\c1ccc(OCCc2ccccc2)cc1OCCc1ccccc1)C(=O)OCC. The van der Waals surface area contributed by atoms with Gasteiger partial charge in [0, 0.05) is 30.0 Å². The van der Waals surface area contributed by atoms with Gasteiger partial charge in [-0.2, -0.15) is 0 Å². The molecule has 3 rings (SSSR count). The lowest BCUT2D eigenvalue weighted by Gasteiger charge is -2.14. The zero-order valence-electron chi connectivity index (χ0n) is 20.9. The van der Waals surface area contributed by atoms with Crippen LogP contribution in [0.15, 0.2) is 84.4 Å². The molecule has 0 saturated heterocycles. The van der Waals surface area contributed by atoms with Crippen LogP contribution in [0, 0.1) is 0 Å². The summed E-state index contributed by atoms with van der Waals surface area (Å²) in [7, 11) is 0. The van der Waals surface area contributed by atoms with Crippen molar-refractivity contribution in [2.45, 2.75) is 46.0 Å². The van der Waals surface area contributed by atoms with Crippen LogP contribution >= 0.6 is 0 Å². The third kappa shape index (κ3) is 8.97. The number of carbonyl (C=O) groups is 1. The van der Waals surface area contributed by atoms with Crippen LogP contribution in [0.25, 0.3) is 6.08 Å². The maximum atomic E-state index is 12.6. The van der Waals surface area contributed by atoms with E-state index in [9.17, 15) is 4.79 Å². The average Bonchev–Trinajstić information content (AvgIpc) is 2.89. The smallest absolute Gasteiger partial charge is 0.334 e. The van der Waals surface area contributed by atoms with Gasteiger partial charge >= 0.3 is 5.97 Å². The predicted molar refractivity (Wildman–Crippen MR) is 142 cm³/mol. The second-order valence-electron chi connectivity index (χ2n) is 8.36. The van der Waals surface area contributed by atoms with Crippen LogP contribution in [0.3, 0.4) is 0 Å². The van der Waals surface area contributed by atoms with Gasteiger partial charge in [-0.15, -0.1) is 0 Å². The molecule has 0 heterocycles.